The highest BCUT2D eigenvalue weighted by Crippen LogP contribution is 2.34. The zero-order chi connectivity index (χ0) is 12.3. The number of halogens is 3. The SMILES string of the molecule is COC(=O)c1ccc(SC)cc1C(F)(F)F. The number of alkyl halides is 3. The minimum Gasteiger partial charge on any atom is -0.465 e. The van der Waals surface area contributed by atoms with Gasteiger partial charge < -0.3 is 4.74 Å². The van der Waals surface area contributed by atoms with E-state index in [0.29, 0.717) is 4.90 Å². The van der Waals surface area contributed by atoms with E-state index in [2.05, 4.69) is 4.74 Å². The van der Waals surface area contributed by atoms with E-state index in [0.717, 1.165) is 19.2 Å². The van der Waals surface area contributed by atoms with Gasteiger partial charge in [0.1, 0.15) is 0 Å². The first-order valence-electron chi connectivity index (χ1n) is 4.23. The van der Waals surface area contributed by atoms with E-state index in [9.17, 15) is 18.0 Å². The first kappa shape index (κ1) is 12.9. The first-order chi connectivity index (χ1) is 7.40. The molecule has 6 heteroatoms. The molecule has 0 aliphatic rings. The zero-order valence-electron chi connectivity index (χ0n) is 8.59. The number of thioether (sulfide) groups is 1. The van der Waals surface area contributed by atoms with E-state index in [-0.39, 0.29) is 0 Å². The molecular formula is C10H9F3O2S. The summed E-state index contributed by atoms with van der Waals surface area (Å²) in [5.74, 6) is -0.986. The lowest BCUT2D eigenvalue weighted by Gasteiger charge is -2.12. The standard InChI is InChI=1S/C10H9F3O2S/c1-15-9(14)7-4-3-6(16-2)5-8(7)10(11,12)13/h3-5H,1-2H3. The largest absolute Gasteiger partial charge is 0.465 e. The minimum atomic E-state index is -4.56. The molecule has 0 spiro atoms. The summed E-state index contributed by atoms with van der Waals surface area (Å²) < 4.78 is 42.2. The fraction of sp³-hybridized carbons (Fsp3) is 0.300. The second-order valence-electron chi connectivity index (χ2n) is 2.90. The van der Waals surface area contributed by atoms with E-state index in [1.807, 2.05) is 0 Å². The molecule has 1 aromatic rings. The lowest BCUT2D eigenvalue weighted by atomic mass is 10.1. The lowest BCUT2D eigenvalue weighted by Crippen LogP contribution is -2.14. The third-order valence-corrected chi connectivity index (χ3v) is 2.66. The summed E-state index contributed by atoms with van der Waals surface area (Å²) in [7, 11) is 1.05. The molecule has 0 aliphatic heterocycles. The number of methoxy groups -OCH3 is 1. The highest BCUT2D eigenvalue weighted by Gasteiger charge is 2.35. The van der Waals surface area contributed by atoms with Crippen LogP contribution in [0.25, 0.3) is 0 Å². The maximum Gasteiger partial charge on any atom is 0.417 e. The van der Waals surface area contributed by atoms with Crippen LogP contribution in [-0.4, -0.2) is 19.3 Å². The van der Waals surface area contributed by atoms with Gasteiger partial charge in [0.15, 0.2) is 0 Å². The number of benzene rings is 1. The quantitative estimate of drug-likeness (QED) is 0.595. The molecule has 16 heavy (non-hydrogen) atoms. The molecule has 88 valence electrons. The van der Waals surface area contributed by atoms with Gasteiger partial charge in [0, 0.05) is 4.90 Å². The van der Waals surface area contributed by atoms with Crippen LogP contribution in [0.2, 0.25) is 0 Å². The van der Waals surface area contributed by atoms with E-state index in [4.69, 9.17) is 0 Å². The van der Waals surface area contributed by atoms with E-state index in [1.165, 1.54) is 17.8 Å². The van der Waals surface area contributed by atoms with Crippen molar-refractivity contribution in [2.75, 3.05) is 13.4 Å². The van der Waals surface area contributed by atoms with E-state index < -0.39 is 23.3 Å². The zero-order valence-corrected chi connectivity index (χ0v) is 9.41. The van der Waals surface area contributed by atoms with Gasteiger partial charge in [0.05, 0.1) is 18.2 Å². The van der Waals surface area contributed by atoms with Gasteiger partial charge in [-0.05, 0) is 24.5 Å². The maximum absolute atomic E-state index is 12.6. The van der Waals surface area contributed by atoms with Crippen molar-refractivity contribution >= 4 is 17.7 Å². The normalized spacial score (nSPS) is 11.3. The Bertz CT molecular complexity index is 402. The second kappa shape index (κ2) is 4.78. The number of carbonyl (C=O) groups is 1. The van der Waals surface area contributed by atoms with Crippen LogP contribution in [-0.2, 0) is 10.9 Å². The predicted octanol–water partition coefficient (Wildman–Crippen LogP) is 3.21. The number of ether oxygens (including phenoxy) is 1. The van der Waals surface area contributed by atoms with Gasteiger partial charge >= 0.3 is 12.1 Å². The average molecular weight is 250 g/mol. The molecule has 0 N–H and O–H groups in total. The van der Waals surface area contributed by atoms with Gasteiger partial charge in [-0.15, -0.1) is 11.8 Å². The van der Waals surface area contributed by atoms with Gasteiger partial charge in [-0.3, -0.25) is 0 Å². The molecule has 2 nitrogen and oxygen atoms in total. The van der Waals surface area contributed by atoms with Gasteiger partial charge in [-0.2, -0.15) is 13.2 Å². The van der Waals surface area contributed by atoms with Crippen LogP contribution in [0, 0.1) is 0 Å². The third-order valence-electron chi connectivity index (χ3n) is 1.94. The molecule has 0 saturated heterocycles. The van der Waals surface area contributed by atoms with E-state index >= 15 is 0 Å². The van der Waals surface area contributed by atoms with Gasteiger partial charge in [0.25, 0.3) is 0 Å². The lowest BCUT2D eigenvalue weighted by molar-refractivity contribution is -0.138. The molecule has 1 aromatic carbocycles. The summed E-state index contributed by atoms with van der Waals surface area (Å²) in [6.45, 7) is 0. The Labute approximate surface area is 94.8 Å². The van der Waals surface area contributed by atoms with Crippen LogP contribution in [0.4, 0.5) is 13.2 Å². The summed E-state index contributed by atoms with van der Waals surface area (Å²) in [4.78, 5) is 11.6. The minimum absolute atomic E-state index is 0.444. The van der Waals surface area contributed by atoms with Crippen LogP contribution in [0.5, 0.6) is 0 Å². The monoisotopic (exact) mass is 250 g/mol. The summed E-state index contributed by atoms with van der Waals surface area (Å²) in [5.41, 5.74) is -1.43. The number of hydrogen-bond donors (Lipinski definition) is 0. The molecule has 1 rings (SSSR count). The number of rotatable bonds is 2. The average Bonchev–Trinajstić information content (AvgIpc) is 2.26. The van der Waals surface area contributed by atoms with Crippen LogP contribution >= 0.6 is 11.8 Å². The fourth-order valence-corrected chi connectivity index (χ4v) is 1.61. The van der Waals surface area contributed by atoms with Crippen molar-refractivity contribution in [1.82, 2.24) is 0 Å². The molecule has 0 radical (unpaired) electrons. The number of hydrogen-bond acceptors (Lipinski definition) is 3. The molecule has 0 aromatic heterocycles. The van der Waals surface area contributed by atoms with Crippen molar-refractivity contribution in [3.63, 3.8) is 0 Å². The Morgan fingerprint density at radius 1 is 1.38 bits per heavy atom. The molecule has 0 bridgehead atoms. The Morgan fingerprint density at radius 2 is 2.00 bits per heavy atom. The Hall–Kier alpha value is -1.17. The van der Waals surface area contributed by atoms with Crippen LogP contribution in [0.1, 0.15) is 15.9 Å². The summed E-state index contributed by atoms with van der Waals surface area (Å²) in [5, 5.41) is 0. The smallest absolute Gasteiger partial charge is 0.417 e. The fourth-order valence-electron chi connectivity index (χ4n) is 1.17. The second-order valence-corrected chi connectivity index (χ2v) is 3.78. The van der Waals surface area contributed by atoms with Crippen molar-refractivity contribution < 1.29 is 22.7 Å². The topological polar surface area (TPSA) is 26.3 Å². The van der Waals surface area contributed by atoms with Gasteiger partial charge in [-0.25, -0.2) is 4.79 Å². The molecule has 0 fully saturated rings. The van der Waals surface area contributed by atoms with Gasteiger partial charge in [-0.1, -0.05) is 0 Å². The third kappa shape index (κ3) is 2.69. The molecule has 0 atom stereocenters. The molecule has 0 unspecified atom stereocenters. The van der Waals surface area contributed by atoms with Crippen LogP contribution < -0.4 is 0 Å². The van der Waals surface area contributed by atoms with Crippen molar-refractivity contribution in [1.29, 1.82) is 0 Å². The molecule has 0 saturated carbocycles. The van der Waals surface area contributed by atoms with Crippen molar-refractivity contribution in [3.05, 3.63) is 29.3 Å². The predicted molar refractivity (Wildman–Crippen MR) is 54.6 cm³/mol. The molecule has 0 amide bonds. The molecule has 0 aliphatic carbocycles. The Morgan fingerprint density at radius 3 is 2.44 bits per heavy atom. The van der Waals surface area contributed by atoms with E-state index in [1.54, 1.807) is 6.26 Å². The number of esters is 1. The summed E-state index contributed by atoms with van der Waals surface area (Å²) in [6.07, 6.45) is -2.90. The Balaban J connectivity index is 3.33. The molecular weight excluding hydrogens is 241 g/mol. The number of carbonyl (C=O) groups excluding carboxylic acids is 1. The summed E-state index contributed by atoms with van der Waals surface area (Å²) in [6, 6.07) is 3.52. The maximum atomic E-state index is 12.6. The summed E-state index contributed by atoms with van der Waals surface area (Å²) >= 11 is 1.17. The molecule has 0 heterocycles. The highest BCUT2D eigenvalue weighted by molar-refractivity contribution is 7.98. The van der Waals surface area contributed by atoms with Crippen molar-refractivity contribution in [2.24, 2.45) is 0 Å². The highest BCUT2D eigenvalue weighted by atomic mass is 32.2. The first-order valence-corrected chi connectivity index (χ1v) is 5.46. The van der Waals surface area contributed by atoms with Crippen molar-refractivity contribution in [2.45, 2.75) is 11.1 Å². The van der Waals surface area contributed by atoms with Crippen LogP contribution in [0.15, 0.2) is 23.1 Å². The van der Waals surface area contributed by atoms with Crippen molar-refractivity contribution in [3.8, 4) is 0 Å². The van der Waals surface area contributed by atoms with Crippen LogP contribution in [0.3, 0.4) is 0 Å². The Kier molecular flexibility index (Phi) is 3.85. The van der Waals surface area contributed by atoms with Gasteiger partial charge in [0.2, 0.25) is 0 Å².